The summed E-state index contributed by atoms with van der Waals surface area (Å²) in [6, 6.07) is 0. The number of amides is 1. The maximum atomic E-state index is 10.7. The molecule has 0 fully saturated rings. The minimum Gasteiger partial charge on any atom is -0.368 e. The fourth-order valence-electron chi connectivity index (χ4n) is 0.893. The van der Waals surface area contributed by atoms with Gasteiger partial charge < -0.3 is 10.6 Å². The van der Waals surface area contributed by atoms with Gasteiger partial charge >= 0.3 is 0 Å². The lowest BCUT2D eigenvalue weighted by molar-refractivity contribution is -0.116. The fourth-order valence-corrected chi connectivity index (χ4v) is 2.21. The normalized spacial score (nSPS) is 10.0. The molecule has 1 heterocycles. The summed E-state index contributed by atoms with van der Waals surface area (Å²) in [5, 5.41) is 2.69. The van der Waals surface area contributed by atoms with E-state index in [1.165, 1.54) is 11.3 Å². The molecule has 4 nitrogen and oxygen atoms in total. The molecule has 0 saturated carbocycles. The van der Waals surface area contributed by atoms with Gasteiger partial charge in [0.05, 0.1) is 6.54 Å². The second-order valence-electron chi connectivity index (χ2n) is 2.43. The third-order valence-corrected chi connectivity index (χ3v) is 3.07. The Labute approximate surface area is 88.9 Å². The van der Waals surface area contributed by atoms with Crippen LogP contribution < -0.4 is 10.6 Å². The number of hydrogen-bond donors (Lipinski definition) is 1. The van der Waals surface area contributed by atoms with Crippen LogP contribution in [0.4, 0.5) is 5.13 Å². The molecular formula is C7H10BrN3OS. The molecule has 0 aromatic carbocycles. The van der Waals surface area contributed by atoms with Gasteiger partial charge in [-0.15, -0.1) is 11.3 Å². The summed E-state index contributed by atoms with van der Waals surface area (Å²) in [6.45, 7) is 2.90. The highest BCUT2D eigenvalue weighted by molar-refractivity contribution is 9.10. The van der Waals surface area contributed by atoms with E-state index >= 15 is 0 Å². The molecule has 0 radical (unpaired) electrons. The molecule has 0 aliphatic rings. The number of anilines is 1. The Bertz CT molecular complexity index is 302. The number of nitrogens with zero attached hydrogens (tertiary/aromatic N) is 2. The monoisotopic (exact) mass is 263 g/mol. The highest BCUT2D eigenvalue weighted by Gasteiger charge is 2.10. The molecule has 0 bridgehead atoms. The maximum Gasteiger partial charge on any atom is 0.237 e. The molecule has 0 aliphatic heterocycles. The Hall–Kier alpha value is -0.620. The van der Waals surface area contributed by atoms with Crippen LogP contribution in [0, 0.1) is 0 Å². The molecule has 0 atom stereocenters. The molecule has 72 valence electrons. The summed E-state index contributed by atoms with van der Waals surface area (Å²) in [7, 11) is 0. The second kappa shape index (κ2) is 4.57. The minimum atomic E-state index is -0.340. The Morgan fingerprint density at radius 1 is 1.85 bits per heavy atom. The Morgan fingerprint density at radius 3 is 2.92 bits per heavy atom. The van der Waals surface area contributed by atoms with Crippen LogP contribution in [0.15, 0.2) is 9.98 Å². The van der Waals surface area contributed by atoms with Crippen molar-refractivity contribution in [3.63, 3.8) is 0 Å². The average molecular weight is 264 g/mol. The quantitative estimate of drug-likeness (QED) is 0.889. The van der Waals surface area contributed by atoms with Crippen molar-refractivity contribution in [3.8, 4) is 0 Å². The molecule has 0 spiro atoms. The van der Waals surface area contributed by atoms with Gasteiger partial charge in [0.15, 0.2) is 5.13 Å². The average Bonchev–Trinajstić information content (AvgIpc) is 2.47. The zero-order chi connectivity index (χ0) is 9.84. The summed E-state index contributed by atoms with van der Waals surface area (Å²) in [4.78, 5) is 16.7. The van der Waals surface area contributed by atoms with Gasteiger partial charge in [-0.1, -0.05) is 0 Å². The zero-order valence-electron chi connectivity index (χ0n) is 7.16. The number of hydrogen-bond acceptors (Lipinski definition) is 4. The summed E-state index contributed by atoms with van der Waals surface area (Å²) < 4.78 is 0.787. The van der Waals surface area contributed by atoms with Gasteiger partial charge in [0.1, 0.15) is 4.60 Å². The lowest BCUT2D eigenvalue weighted by Gasteiger charge is -2.16. The Balaban J connectivity index is 2.72. The summed E-state index contributed by atoms with van der Waals surface area (Å²) in [5.41, 5.74) is 5.10. The first-order valence-electron chi connectivity index (χ1n) is 3.77. The number of likely N-dealkylation sites (N-methyl/N-ethyl adjacent to an activating group) is 1. The number of primary amides is 1. The minimum absolute atomic E-state index is 0.219. The first kappa shape index (κ1) is 10.5. The Kier molecular flexibility index (Phi) is 3.68. The van der Waals surface area contributed by atoms with E-state index in [2.05, 4.69) is 20.9 Å². The predicted molar refractivity (Wildman–Crippen MR) is 56.9 cm³/mol. The summed E-state index contributed by atoms with van der Waals surface area (Å²) in [6.07, 6.45) is 0. The molecule has 6 heteroatoms. The summed E-state index contributed by atoms with van der Waals surface area (Å²) >= 11 is 4.74. The first-order chi connectivity index (χ1) is 6.13. The van der Waals surface area contributed by atoms with E-state index in [-0.39, 0.29) is 12.5 Å². The molecule has 0 aliphatic carbocycles. The third-order valence-electron chi connectivity index (χ3n) is 1.46. The van der Waals surface area contributed by atoms with Gasteiger partial charge in [-0.05, 0) is 22.9 Å². The van der Waals surface area contributed by atoms with E-state index < -0.39 is 0 Å². The standard InChI is InChI=1S/C7H10BrN3OS/c1-2-11(3-6(9)12)7-10-5(8)4-13-7/h4H,2-3H2,1H3,(H2,9,12). The Morgan fingerprint density at radius 2 is 2.54 bits per heavy atom. The molecular weight excluding hydrogens is 254 g/mol. The van der Waals surface area contributed by atoms with Crippen molar-refractivity contribution in [1.82, 2.24) is 4.98 Å². The highest BCUT2D eigenvalue weighted by Crippen LogP contribution is 2.22. The van der Waals surface area contributed by atoms with Gasteiger partial charge in [-0.3, -0.25) is 4.79 Å². The largest absolute Gasteiger partial charge is 0.368 e. The molecule has 13 heavy (non-hydrogen) atoms. The van der Waals surface area contributed by atoms with E-state index in [9.17, 15) is 4.79 Å². The van der Waals surface area contributed by atoms with Crippen molar-refractivity contribution < 1.29 is 4.79 Å². The van der Waals surface area contributed by atoms with E-state index in [1.54, 1.807) is 0 Å². The van der Waals surface area contributed by atoms with Crippen LogP contribution in [0.25, 0.3) is 0 Å². The predicted octanol–water partition coefficient (Wildman–Crippen LogP) is 1.22. The van der Waals surface area contributed by atoms with Crippen LogP contribution in [-0.2, 0) is 4.79 Å². The lowest BCUT2D eigenvalue weighted by atomic mass is 10.5. The number of carbonyl (C=O) groups is 1. The first-order valence-corrected chi connectivity index (χ1v) is 5.45. The SMILES string of the molecule is CCN(CC(N)=O)c1nc(Br)cs1. The number of aromatic nitrogens is 1. The fraction of sp³-hybridized carbons (Fsp3) is 0.429. The number of nitrogens with two attached hydrogens (primary N) is 1. The topological polar surface area (TPSA) is 59.2 Å². The number of thiazole rings is 1. The molecule has 1 amide bonds. The van der Waals surface area contributed by atoms with Gasteiger partial charge in [-0.2, -0.15) is 0 Å². The molecule has 0 unspecified atom stereocenters. The highest BCUT2D eigenvalue weighted by atomic mass is 79.9. The van der Waals surface area contributed by atoms with Crippen molar-refractivity contribution in [3.05, 3.63) is 9.98 Å². The van der Waals surface area contributed by atoms with Gasteiger partial charge in [0.25, 0.3) is 0 Å². The lowest BCUT2D eigenvalue weighted by Crippen LogP contribution is -2.33. The molecule has 1 rings (SSSR count). The van der Waals surface area contributed by atoms with Crippen molar-refractivity contribution in [2.45, 2.75) is 6.92 Å². The smallest absolute Gasteiger partial charge is 0.237 e. The third kappa shape index (κ3) is 2.96. The molecule has 1 aromatic rings. The van der Waals surface area contributed by atoms with E-state index in [4.69, 9.17) is 5.73 Å². The molecule has 0 saturated heterocycles. The van der Waals surface area contributed by atoms with E-state index in [1.807, 2.05) is 17.2 Å². The van der Waals surface area contributed by atoms with Crippen LogP contribution in [-0.4, -0.2) is 24.0 Å². The van der Waals surface area contributed by atoms with Crippen LogP contribution in [0.5, 0.6) is 0 Å². The zero-order valence-corrected chi connectivity index (χ0v) is 9.56. The van der Waals surface area contributed by atoms with E-state index in [0.29, 0.717) is 0 Å². The van der Waals surface area contributed by atoms with Crippen LogP contribution in [0.3, 0.4) is 0 Å². The second-order valence-corrected chi connectivity index (χ2v) is 4.08. The van der Waals surface area contributed by atoms with Crippen molar-refractivity contribution in [1.29, 1.82) is 0 Å². The van der Waals surface area contributed by atoms with Gasteiger partial charge in [0, 0.05) is 11.9 Å². The summed E-state index contributed by atoms with van der Waals surface area (Å²) in [5.74, 6) is -0.340. The maximum absolute atomic E-state index is 10.7. The van der Waals surface area contributed by atoms with Crippen molar-refractivity contribution in [2.24, 2.45) is 5.73 Å². The van der Waals surface area contributed by atoms with Gasteiger partial charge in [-0.25, -0.2) is 4.98 Å². The van der Waals surface area contributed by atoms with Crippen LogP contribution in [0.2, 0.25) is 0 Å². The molecule has 2 N–H and O–H groups in total. The number of carbonyl (C=O) groups excluding carboxylic acids is 1. The van der Waals surface area contributed by atoms with Crippen molar-refractivity contribution >= 4 is 38.3 Å². The van der Waals surface area contributed by atoms with Crippen LogP contribution >= 0.6 is 27.3 Å². The van der Waals surface area contributed by atoms with Crippen molar-refractivity contribution in [2.75, 3.05) is 18.0 Å². The van der Waals surface area contributed by atoms with Crippen LogP contribution in [0.1, 0.15) is 6.92 Å². The van der Waals surface area contributed by atoms with Gasteiger partial charge in [0.2, 0.25) is 5.91 Å². The number of halogens is 1. The number of rotatable bonds is 4. The van der Waals surface area contributed by atoms with E-state index in [0.717, 1.165) is 16.3 Å². The molecule has 1 aromatic heterocycles.